The first-order valence-electron chi connectivity index (χ1n) is 19.4. The zero-order valence-electron chi connectivity index (χ0n) is 32.9. The molecule has 288 valence electrons. The van der Waals surface area contributed by atoms with E-state index in [0.717, 1.165) is 41.6 Å². The van der Waals surface area contributed by atoms with Crippen molar-refractivity contribution in [1.29, 1.82) is 0 Å². The minimum absolute atomic E-state index is 0. The summed E-state index contributed by atoms with van der Waals surface area (Å²) in [7, 11) is 3.33. The molecule has 0 saturated carbocycles. The van der Waals surface area contributed by atoms with Crippen molar-refractivity contribution in [3.63, 3.8) is 0 Å². The fourth-order valence-corrected chi connectivity index (χ4v) is 18.5. The monoisotopic (exact) mass is 936 g/mol. The fourth-order valence-electron chi connectivity index (χ4n) is 7.77. The third-order valence-electron chi connectivity index (χ3n) is 10.7. The number of aromatic nitrogens is 2. The van der Waals surface area contributed by atoms with Crippen LogP contribution in [-0.2, 0) is 19.5 Å². The Morgan fingerprint density at radius 1 is 0.377 bits per heavy atom. The van der Waals surface area contributed by atoms with Gasteiger partial charge in [0.1, 0.15) is 21.5 Å². The Hall–Kier alpha value is -5.37. The van der Waals surface area contributed by atoms with Gasteiger partial charge in [-0.15, -0.1) is 22.7 Å². The van der Waals surface area contributed by atoms with E-state index in [1.807, 2.05) is 42.5 Å². The van der Waals surface area contributed by atoms with E-state index >= 15 is 0 Å². The SMILES string of the molecule is Oc1ccccc1-c1nc2ccc([Si]([Si])([Si])c3ccccc3)cc2s1.Oc1ccccc1-c1nc2ccc([Si](c3ccccc3)(c3ccccc3)c3ccccc3)cc2s1.[Zn]. The Morgan fingerprint density at radius 2 is 0.721 bits per heavy atom. The Labute approximate surface area is 384 Å². The van der Waals surface area contributed by atoms with E-state index in [4.69, 9.17) is 4.98 Å². The Morgan fingerprint density at radius 3 is 1.13 bits per heavy atom. The minimum atomic E-state index is -2.57. The van der Waals surface area contributed by atoms with Gasteiger partial charge >= 0.3 is 0 Å². The predicted octanol–water partition coefficient (Wildman–Crippen LogP) is 7.61. The van der Waals surface area contributed by atoms with Crippen LogP contribution in [0.2, 0.25) is 0 Å². The molecule has 61 heavy (non-hydrogen) atoms. The first-order chi connectivity index (χ1) is 29.3. The van der Waals surface area contributed by atoms with Gasteiger partial charge in [0.05, 0.1) is 38.7 Å². The summed E-state index contributed by atoms with van der Waals surface area (Å²) in [5.74, 6) is 0.517. The summed E-state index contributed by atoms with van der Waals surface area (Å²) in [6.45, 7) is 0. The number of fused-ring (bicyclic) bond motifs is 2. The summed E-state index contributed by atoms with van der Waals surface area (Å²) in [6.07, 6.45) is 0. The molecule has 2 N–H and O–H groups in total. The maximum atomic E-state index is 10.4. The number of thiazole rings is 2. The number of benzene rings is 8. The fraction of sp³-hybridized carbons (Fsp3) is 0. The van der Waals surface area contributed by atoms with Crippen molar-refractivity contribution in [2.75, 3.05) is 0 Å². The van der Waals surface area contributed by atoms with Crippen molar-refractivity contribution < 1.29 is 29.7 Å². The molecular formula is C50H36N2O2S2Si4Zn. The van der Waals surface area contributed by atoms with Crippen LogP contribution in [0.25, 0.3) is 41.6 Å². The molecule has 4 nitrogen and oxygen atoms in total. The van der Waals surface area contributed by atoms with E-state index in [9.17, 15) is 10.2 Å². The molecule has 10 aromatic rings. The molecule has 6 radical (unpaired) electrons. The van der Waals surface area contributed by atoms with Gasteiger partial charge in [-0.05, 0) is 69.3 Å². The van der Waals surface area contributed by atoms with Crippen molar-refractivity contribution in [2.24, 2.45) is 0 Å². The van der Waals surface area contributed by atoms with Gasteiger partial charge in [0.15, 0.2) is 8.07 Å². The van der Waals surface area contributed by atoms with Gasteiger partial charge in [-0.2, -0.15) is 0 Å². The Bertz CT molecular complexity index is 2960. The van der Waals surface area contributed by atoms with Gasteiger partial charge in [-0.25, -0.2) is 9.97 Å². The molecule has 11 heteroatoms. The normalized spacial score (nSPS) is 11.4. The standard InChI is InChI=1S/C31H23NOSSi.C19H13NOSSi3.Zn/c33-29-19-11-10-18-27(29)31-32-28-21-20-26(22-30(28)34-31)35(23-12-4-1-5-13-23,24-14-6-2-7-15-24)25-16-8-3-9-17-25;21-17-9-5-4-8-15(17)19-20-16-11-10-14(12-18(16)22-19)25(23,24)13-6-2-1-3-7-13;/h1-22,33H;1-12,21H;. The summed E-state index contributed by atoms with van der Waals surface area (Å²) < 4.78 is 2.24. The molecule has 0 saturated heterocycles. The average molecular weight is 939 g/mol. The summed E-state index contributed by atoms with van der Waals surface area (Å²) in [6, 6.07) is 71.0. The number of phenols is 2. The number of rotatable bonds is 8. The van der Waals surface area contributed by atoms with E-state index in [1.165, 1.54) is 31.1 Å². The molecule has 0 amide bonds. The third kappa shape index (κ3) is 8.35. The van der Waals surface area contributed by atoms with Crippen LogP contribution in [0.15, 0.2) is 206 Å². The summed E-state index contributed by atoms with van der Waals surface area (Å²) >= 11 is 3.23. The quantitative estimate of drug-likeness (QED) is 0.122. The Balaban J connectivity index is 0.000000175. The largest absolute Gasteiger partial charge is 0.507 e. The summed E-state index contributed by atoms with van der Waals surface area (Å²) in [5.41, 5.74) is 3.44. The first-order valence-corrected chi connectivity index (χ1v) is 28.1. The number of hydrogen-bond donors (Lipinski definition) is 2. The van der Waals surface area contributed by atoms with E-state index in [0.29, 0.717) is 0 Å². The van der Waals surface area contributed by atoms with Gasteiger partial charge < -0.3 is 10.2 Å². The minimum Gasteiger partial charge on any atom is -0.507 e. The van der Waals surface area contributed by atoms with Crippen molar-refractivity contribution in [1.82, 2.24) is 9.97 Å². The van der Waals surface area contributed by atoms with Crippen molar-refractivity contribution in [3.8, 4) is 32.6 Å². The van der Waals surface area contributed by atoms with E-state index < -0.39 is 15.2 Å². The second-order valence-electron chi connectivity index (χ2n) is 14.4. The zero-order valence-corrected chi connectivity index (χ0v) is 41.5. The molecule has 0 fully saturated rings. The second-order valence-corrected chi connectivity index (χ2v) is 28.9. The number of phenolic OH excluding ortho intramolecular Hbond substituents is 2. The average Bonchev–Trinajstić information content (AvgIpc) is 3.93. The number of para-hydroxylation sites is 2. The van der Waals surface area contributed by atoms with E-state index in [-0.39, 0.29) is 31.0 Å². The van der Waals surface area contributed by atoms with Crippen LogP contribution >= 0.6 is 22.7 Å². The van der Waals surface area contributed by atoms with Gasteiger partial charge in [0.2, 0.25) is 0 Å². The van der Waals surface area contributed by atoms with Gasteiger partial charge in [0, 0.05) is 39.0 Å². The topological polar surface area (TPSA) is 66.2 Å². The maximum absolute atomic E-state index is 10.4. The molecule has 0 atom stereocenters. The van der Waals surface area contributed by atoms with Crippen LogP contribution in [0, 0.1) is 0 Å². The molecular weight excluding hydrogens is 902 g/mol. The molecule has 0 bridgehead atoms. The van der Waals surface area contributed by atoms with Crippen LogP contribution in [0.4, 0.5) is 0 Å². The summed E-state index contributed by atoms with van der Waals surface area (Å²) in [5, 5.41) is 30.0. The molecule has 0 spiro atoms. The zero-order chi connectivity index (χ0) is 41.1. The number of hydrogen-bond acceptors (Lipinski definition) is 6. The molecule has 0 aliphatic heterocycles. The molecule has 8 aromatic carbocycles. The van der Waals surface area contributed by atoms with Gasteiger partial charge in [-0.3, -0.25) is 0 Å². The van der Waals surface area contributed by atoms with Gasteiger partial charge in [0.25, 0.3) is 0 Å². The molecule has 2 heterocycles. The smallest absolute Gasteiger partial charge is 0.179 e. The van der Waals surface area contributed by atoms with Crippen molar-refractivity contribution in [2.45, 2.75) is 0 Å². The second kappa shape index (κ2) is 18.3. The number of aromatic hydroxyl groups is 2. The third-order valence-corrected chi connectivity index (χ3v) is 23.5. The first kappa shape index (κ1) is 42.3. The van der Waals surface area contributed by atoms with Crippen LogP contribution in [0.3, 0.4) is 0 Å². The molecule has 2 aromatic heterocycles. The molecule has 10 rings (SSSR count). The maximum Gasteiger partial charge on any atom is 0.179 e. The van der Waals surface area contributed by atoms with E-state index in [1.54, 1.807) is 34.8 Å². The Kier molecular flexibility index (Phi) is 12.7. The van der Waals surface area contributed by atoms with Gasteiger partial charge in [-0.1, -0.05) is 168 Å². The summed E-state index contributed by atoms with van der Waals surface area (Å²) in [4.78, 5) is 9.54. The molecule has 0 unspecified atom stereocenters. The van der Waals surface area contributed by atoms with Crippen molar-refractivity contribution >= 4 is 109 Å². The van der Waals surface area contributed by atoms with Crippen molar-refractivity contribution in [3.05, 3.63) is 206 Å². The molecule has 0 aliphatic carbocycles. The number of nitrogens with zero attached hydrogens (tertiary/aromatic N) is 2. The molecule has 0 aliphatic rings. The van der Waals surface area contributed by atoms with Crippen LogP contribution in [0.1, 0.15) is 0 Å². The predicted molar refractivity (Wildman–Crippen MR) is 260 cm³/mol. The van der Waals surface area contributed by atoms with Crippen LogP contribution < -0.4 is 31.1 Å². The van der Waals surface area contributed by atoms with Crippen LogP contribution in [0.5, 0.6) is 11.5 Å². The van der Waals surface area contributed by atoms with Crippen LogP contribution in [-0.4, -0.2) is 54.9 Å². The van der Waals surface area contributed by atoms with E-state index in [2.05, 4.69) is 176 Å².